The van der Waals surface area contributed by atoms with Gasteiger partial charge in [0.1, 0.15) is 17.4 Å². The molecule has 2 rings (SSSR count). The molecule has 0 saturated heterocycles. The molecule has 34 heavy (non-hydrogen) atoms. The van der Waals surface area contributed by atoms with Crippen molar-refractivity contribution in [2.24, 2.45) is 11.1 Å². The lowest BCUT2D eigenvalue weighted by atomic mass is 9.99. The minimum Gasteiger partial charge on any atom is -0.444 e. The van der Waals surface area contributed by atoms with E-state index >= 15 is 0 Å². The summed E-state index contributed by atoms with van der Waals surface area (Å²) in [6.07, 6.45) is -0.125. The van der Waals surface area contributed by atoms with Crippen LogP contribution >= 0.6 is 0 Å². The maximum absolute atomic E-state index is 12.9. The predicted molar refractivity (Wildman–Crippen MR) is 129 cm³/mol. The van der Waals surface area contributed by atoms with Crippen molar-refractivity contribution >= 4 is 23.5 Å². The van der Waals surface area contributed by atoms with Gasteiger partial charge in [0.15, 0.2) is 0 Å². The van der Waals surface area contributed by atoms with E-state index in [4.69, 9.17) is 9.57 Å². The van der Waals surface area contributed by atoms with Gasteiger partial charge in [0.05, 0.1) is 4.92 Å². The monoisotopic (exact) mass is 469 g/mol. The van der Waals surface area contributed by atoms with E-state index in [1.54, 1.807) is 20.8 Å². The zero-order valence-corrected chi connectivity index (χ0v) is 20.3. The van der Waals surface area contributed by atoms with Crippen molar-refractivity contribution in [2.45, 2.75) is 59.6 Å². The summed E-state index contributed by atoms with van der Waals surface area (Å²) in [4.78, 5) is 41.0. The zero-order valence-electron chi connectivity index (χ0n) is 20.3. The fourth-order valence-corrected chi connectivity index (χ4v) is 2.98. The first-order valence-corrected chi connectivity index (χ1v) is 11.0. The first-order valence-electron chi connectivity index (χ1n) is 11.0. The van der Waals surface area contributed by atoms with Crippen molar-refractivity contribution in [3.63, 3.8) is 0 Å². The van der Waals surface area contributed by atoms with E-state index in [2.05, 4.69) is 10.5 Å². The summed E-state index contributed by atoms with van der Waals surface area (Å²) in [5.41, 5.74) is 1.75. The Bertz CT molecular complexity index is 1040. The largest absolute Gasteiger partial charge is 0.444 e. The fraction of sp³-hybridized carbons (Fsp3) is 0.400. The van der Waals surface area contributed by atoms with Gasteiger partial charge >= 0.3 is 12.1 Å². The highest BCUT2D eigenvalue weighted by Gasteiger charge is 2.30. The van der Waals surface area contributed by atoms with Gasteiger partial charge in [-0.05, 0) is 45.7 Å². The van der Waals surface area contributed by atoms with Gasteiger partial charge < -0.3 is 14.9 Å². The second-order valence-electron chi connectivity index (χ2n) is 9.03. The summed E-state index contributed by atoms with van der Waals surface area (Å²) < 4.78 is 5.27. The highest BCUT2D eigenvalue weighted by molar-refractivity contribution is 6.12. The number of non-ortho nitro benzene ring substituents is 1. The number of aryl methyl sites for hydroxylation is 1. The number of nitrogens with one attached hydrogen (secondary N) is 1. The number of carbonyl (C=O) groups excluding carboxylic acids is 2. The lowest BCUT2D eigenvalue weighted by Gasteiger charge is -2.25. The Hall–Kier alpha value is -3.75. The van der Waals surface area contributed by atoms with Crippen LogP contribution in [0.3, 0.4) is 0 Å². The van der Waals surface area contributed by atoms with Gasteiger partial charge in [0.25, 0.3) is 5.69 Å². The van der Waals surface area contributed by atoms with E-state index in [1.807, 2.05) is 45.0 Å². The molecule has 9 nitrogen and oxygen atoms in total. The van der Waals surface area contributed by atoms with Crippen LogP contribution in [0.5, 0.6) is 0 Å². The Morgan fingerprint density at radius 1 is 1.06 bits per heavy atom. The Morgan fingerprint density at radius 2 is 1.59 bits per heavy atom. The molecule has 0 aliphatic rings. The van der Waals surface area contributed by atoms with E-state index in [9.17, 15) is 19.7 Å². The number of ether oxygens (including phenoxy) is 1. The van der Waals surface area contributed by atoms with Crippen LogP contribution in [0.15, 0.2) is 53.7 Å². The Kier molecular flexibility index (Phi) is 8.89. The summed E-state index contributed by atoms with van der Waals surface area (Å²) in [6, 6.07) is 12.2. The molecule has 0 radical (unpaired) electrons. The molecule has 1 unspecified atom stereocenters. The van der Waals surface area contributed by atoms with Gasteiger partial charge in [-0.25, -0.2) is 9.59 Å². The van der Waals surface area contributed by atoms with Gasteiger partial charge in [-0.15, -0.1) is 0 Å². The summed E-state index contributed by atoms with van der Waals surface area (Å²) in [5, 5.41) is 17.7. The van der Waals surface area contributed by atoms with Gasteiger partial charge in [-0.2, -0.15) is 0 Å². The molecule has 2 aromatic carbocycles. The SMILES string of the molecule is CCC(C)[C@H](NC(=O)OC(C)(C)C)C(=O)O/N=C(/c1ccc(C)cc1)c1ccc([N+](=O)[O-])cc1. The summed E-state index contributed by atoms with van der Waals surface area (Å²) in [7, 11) is 0. The molecule has 0 heterocycles. The number of nitro groups is 1. The molecule has 0 spiro atoms. The lowest BCUT2D eigenvalue weighted by molar-refractivity contribution is -0.384. The van der Waals surface area contributed by atoms with Crippen LogP contribution in [-0.2, 0) is 14.4 Å². The number of hydrogen-bond acceptors (Lipinski definition) is 7. The van der Waals surface area contributed by atoms with Crippen LogP contribution in [0.4, 0.5) is 10.5 Å². The molecule has 0 aromatic heterocycles. The van der Waals surface area contributed by atoms with Crippen LogP contribution in [0, 0.1) is 23.0 Å². The highest BCUT2D eigenvalue weighted by atomic mass is 16.7. The third-order valence-electron chi connectivity index (χ3n) is 5.04. The Morgan fingerprint density at radius 3 is 2.06 bits per heavy atom. The van der Waals surface area contributed by atoms with Crippen molar-refractivity contribution in [1.82, 2.24) is 5.32 Å². The third-order valence-corrected chi connectivity index (χ3v) is 5.04. The third kappa shape index (κ3) is 7.68. The molecule has 0 aliphatic carbocycles. The van der Waals surface area contributed by atoms with E-state index in [-0.39, 0.29) is 11.6 Å². The number of oxime groups is 1. The number of nitro benzene ring substituents is 1. The average molecular weight is 470 g/mol. The number of alkyl carbamates (subject to hydrolysis) is 1. The summed E-state index contributed by atoms with van der Waals surface area (Å²) >= 11 is 0. The van der Waals surface area contributed by atoms with Gasteiger partial charge in [0.2, 0.25) is 0 Å². The van der Waals surface area contributed by atoms with Crippen LogP contribution in [0.2, 0.25) is 0 Å². The molecule has 182 valence electrons. The van der Waals surface area contributed by atoms with E-state index in [0.29, 0.717) is 23.3 Å². The van der Waals surface area contributed by atoms with E-state index in [0.717, 1.165) is 5.56 Å². The van der Waals surface area contributed by atoms with Crippen LogP contribution in [-0.4, -0.2) is 34.3 Å². The first kappa shape index (κ1) is 26.5. The topological polar surface area (TPSA) is 120 Å². The number of rotatable bonds is 8. The molecule has 9 heteroatoms. The smallest absolute Gasteiger partial charge is 0.408 e. The maximum atomic E-state index is 12.9. The number of hydrogen-bond donors (Lipinski definition) is 1. The van der Waals surface area contributed by atoms with Gasteiger partial charge in [-0.1, -0.05) is 55.3 Å². The van der Waals surface area contributed by atoms with Crippen LogP contribution in [0.1, 0.15) is 57.7 Å². The maximum Gasteiger partial charge on any atom is 0.408 e. The summed E-state index contributed by atoms with van der Waals surface area (Å²) in [5.74, 6) is -0.982. The molecule has 0 fully saturated rings. The molecule has 0 saturated carbocycles. The minimum atomic E-state index is -0.972. The second-order valence-corrected chi connectivity index (χ2v) is 9.03. The lowest BCUT2D eigenvalue weighted by Crippen LogP contribution is -2.47. The Balaban J connectivity index is 2.35. The number of nitrogens with zero attached hydrogens (tertiary/aromatic N) is 2. The van der Waals surface area contributed by atoms with Crippen molar-refractivity contribution in [3.8, 4) is 0 Å². The molecule has 1 amide bonds. The van der Waals surface area contributed by atoms with Crippen molar-refractivity contribution in [2.75, 3.05) is 0 Å². The standard InChI is InChI=1S/C25H31N3O6/c1-7-17(3)21(26-24(30)33-25(4,5)6)23(29)34-27-22(18-10-8-16(2)9-11-18)19-12-14-20(15-13-19)28(31)32/h8-15,17,21H,7H2,1-6H3,(H,26,30)/b27-22-/t17?,21-/m0/s1. The molecule has 0 aliphatic heterocycles. The molecular formula is C25H31N3O6. The van der Waals surface area contributed by atoms with Gasteiger partial charge in [-0.3, -0.25) is 10.1 Å². The predicted octanol–water partition coefficient (Wildman–Crippen LogP) is 5.14. The minimum absolute atomic E-state index is 0.0672. The normalized spacial score (nSPS) is 13.5. The van der Waals surface area contributed by atoms with Crippen molar-refractivity contribution in [3.05, 3.63) is 75.3 Å². The van der Waals surface area contributed by atoms with E-state index < -0.39 is 28.6 Å². The quantitative estimate of drug-likeness (QED) is 0.247. The first-order chi connectivity index (χ1) is 15.9. The highest BCUT2D eigenvalue weighted by Crippen LogP contribution is 2.18. The number of benzene rings is 2. The number of carbonyl (C=O) groups is 2. The molecule has 2 aromatic rings. The van der Waals surface area contributed by atoms with Crippen LogP contribution in [0.25, 0.3) is 0 Å². The molecule has 0 bridgehead atoms. The molecular weight excluding hydrogens is 438 g/mol. The zero-order chi connectivity index (χ0) is 25.5. The van der Waals surface area contributed by atoms with Crippen molar-refractivity contribution < 1.29 is 24.1 Å². The second kappa shape index (κ2) is 11.4. The number of amides is 1. The fourth-order valence-electron chi connectivity index (χ4n) is 2.98. The van der Waals surface area contributed by atoms with Crippen LogP contribution < -0.4 is 5.32 Å². The van der Waals surface area contributed by atoms with Crippen molar-refractivity contribution in [1.29, 1.82) is 0 Å². The molecule has 2 atom stereocenters. The van der Waals surface area contributed by atoms with Gasteiger partial charge in [0, 0.05) is 23.3 Å². The van der Waals surface area contributed by atoms with E-state index in [1.165, 1.54) is 24.3 Å². The molecule has 1 N–H and O–H groups in total. The Labute approximate surface area is 199 Å². The average Bonchev–Trinajstić information content (AvgIpc) is 2.77. The summed E-state index contributed by atoms with van der Waals surface area (Å²) in [6.45, 7) is 10.8.